The van der Waals surface area contributed by atoms with Crippen molar-refractivity contribution < 1.29 is 21.4 Å². The zero-order chi connectivity index (χ0) is 25.2. The molecule has 3 aromatic carbocycles. The van der Waals surface area contributed by atoms with Crippen molar-refractivity contribution in [1.82, 2.24) is 0 Å². The zero-order valence-corrected chi connectivity index (χ0v) is 24.6. The molecule has 2 aliphatic carbocycles. The number of fused-ring (bicyclic) bond motifs is 2. The number of rotatable bonds is 8. The van der Waals surface area contributed by atoms with Crippen LogP contribution in [0, 0.1) is 0 Å². The predicted molar refractivity (Wildman–Crippen MR) is 153 cm³/mol. The van der Waals surface area contributed by atoms with E-state index in [2.05, 4.69) is 118 Å². The van der Waals surface area contributed by atoms with Gasteiger partial charge in [0.1, 0.15) is 0 Å². The number of anilines is 2. The molecule has 2 aliphatic rings. The van der Waals surface area contributed by atoms with Gasteiger partial charge in [0.15, 0.2) is 0 Å². The van der Waals surface area contributed by atoms with E-state index in [1.54, 1.807) is 27.8 Å². The summed E-state index contributed by atoms with van der Waals surface area (Å²) in [6.45, 7) is 2.41. The van der Waals surface area contributed by atoms with Gasteiger partial charge in [0, 0.05) is 0 Å². The Hall–Kier alpha value is -2.13. The molecule has 0 radical (unpaired) electrons. The summed E-state index contributed by atoms with van der Waals surface area (Å²) < 4.78 is 3.42. The van der Waals surface area contributed by atoms with Crippen LogP contribution >= 0.6 is 0 Å². The standard InChI is InChI=1S/C15H17.2C9H12N.Sc/c1-2-11-12-7-3-5-9-14(12)15-10-6-4-8-13(11)15;2*1-8-6-4-5-7-9(8)10(2)3;/h3,5,7-9,11H,2,4,6,10H2,1H3;2*4-7H,1H2,2-3H3;. The van der Waals surface area contributed by atoms with Gasteiger partial charge in [-0.25, -0.2) is 0 Å². The second-order valence-corrected chi connectivity index (χ2v) is 16.1. The van der Waals surface area contributed by atoms with Gasteiger partial charge in [-0.05, 0) is 0 Å². The van der Waals surface area contributed by atoms with Gasteiger partial charge in [-0.15, -0.1) is 0 Å². The maximum atomic E-state index is 2.42. The van der Waals surface area contributed by atoms with Crippen molar-refractivity contribution in [2.45, 2.75) is 50.6 Å². The number of hydrogen-bond donors (Lipinski definition) is 0. The summed E-state index contributed by atoms with van der Waals surface area (Å²) in [5.41, 5.74) is 12.7. The van der Waals surface area contributed by atoms with Crippen LogP contribution in [-0.2, 0) is 29.8 Å². The van der Waals surface area contributed by atoms with E-state index in [9.17, 15) is 0 Å². The molecule has 0 bridgehead atoms. The van der Waals surface area contributed by atoms with E-state index in [1.807, 2.05) is 5.57 Å². The van der Waals surface area contributed by atoms with E-state index >= 15 is 0 Å². The van der Waals surface area contributed by atoms with Gasteiger partial charge in [0.05, 0.1) is 0 Å². The Morgan fingerprint density at radius 3 is 1.89 bits per heavy atom. The molecule has 2 unspecified atom stereocenters. The molecule has 0 saturated heterocycles. The summed E-state index contributed by atoms with van der Waals surface area (Å²) in [5.74, 6) is 0.628. The van der Waals surface area contributed by atoms with Gasteiger partial charge in [0.2, 0.25) is 0 Å². The fourth-order valence-corrected chi connectivity index (χ4v) is 13.6. The van der Waals surface area contributed by atoms with E-state index in [1.165, 1.54) is 45.4 Å². The van der Waals surface area contributed by atoms with Gasteiger partial charge < -0.3 is 0 Å². The van der Waals surface area contributed by atoms with Crippen molar-refractivity contribution >= 4 is 16.9 Å². The predicted octanol–water partition coefficient (Wildman–Crippen LogP) is 8.07. The summed E-state index contributed by atoms with van der Waals surface area (Å²) in [4.78, 5) is 4.63. The molecule has 0 fully saturated rings. The van der Waals surface area contributed by atoms with Crippen LogP contribution in [0.15, 0.2) is 78.4 Å². The van der Waals surface area contributed by atoms with Crippen molar-refractivity contribution in [3.8, 4) is 0 Å². The van der Waals surface area contributed by atoms with Crippen molar-refractivity contribution in [2.75, 3.05) is 38.0 Å². The topological polar surface area (TPSA) is 6.48 Å². The molecule has 3 aromatic rings. The fraction of sp³-hybridized carbons (Fsp3) is 0.394. The number of para-hydroxylation sites is 2. The molecule has 186 valence electrons. The minimum atomic E-state index is -1.92. The minimum absolute atomic E-state index is 0.628. The van der Waals surface area contributed by atoms with Gasteiger partial charge in [-0.2, -0.15) is 0 Å². The Morgan fingerprint density at radius 1 is 0.750 bits per heavy atom. The quantitative estimate of drug-likeness (QED) is 0.302. The van der Waals surface area contributed by atoms with Crippen LogP contribution in [0.1, 0.15) is 60.8 Å². The molecule has 0 saturated carbocycles. The second kappa shape index (κ2) is 11.1. The first-order chi connectivity index (χ1) is 17.5. The number of allylic oxidation sites excluding steroid dienone is 2. The van der Waals surface area contributed by atoms with Crippen molar-refractivity contribution in [3.05, 3.63) is 101 Å². The Morgan fingerprint density at radius 2 is 1.31 bits per heavy atom. The first-order valence-corrected chi connectivity index (χ1v) is 17.4. The Kier molecular flexibility index (Phi) is 7.86. The van der Waals surface area contributed by atoms with E-state index < -0.39 is 21.4 Å². The molecule has 2 atom stereocenters. The van der Waals surface area contributed by atoms with E-state index in [0.717, 1.165) is 3.67 Å². The van der Waals surface area contributed by atoms with Crippen LogP contribution in [0.25, 0.3) is 5.57 Å². The van der Waals surface area contributed by atoms with Crippen LogP contribution in [0.3, 0.4) is 0 Å². The summed E-state index contributed by atoms with van der Waals surface area (Å²) in [6, 6.07) is 27.7. The van der Waals surface area contributed by atoms with Crippen molar-refractivity contribution in [3.63, 3.8) is 0 Å². The molecule has 0 aromatic heterocycles. The van der Waals surface area contributed by atoms with Gasteiger partial charge in [-0.1, -0.05) is 0 Å². The summed E-state index contributed by atoms with van der Waals surface area (Å²) in [7, 11) is 8.79. The van der Waals surface area contributed by atoms with Crippen molar-refractivity contribution in [1.29, 1.82) is 0 Å². The molecule has 3 heteroatoms. The summed E-state index contributed by atoms with van der Waals surface area (Å²) in [5, 5.41) is 0. The van der Waals surface area contributed by atoms with Crippen LogP contribution < -0.4 is 9.80 Å². The SMILES string of the molecule is CCC1C2=C(CCC[CH]2[Sc]([CH2]c2ccccc2N(C)C)[CH2]c2ccccc2N(C)C)c2ccccc21. The molecule has 0 aliphatic heterocycles. The molecule has 2 nitrogen and oxygen atoms in total. The number of hydrogen-bond acceptors (Lipinski definition) is 2. The van der Waals surface area contributed by atoms with E-state index in [0.29, 0.717) is 5.92 Å². The molecule has 0 spiro atoms. The molecule has 36 heavy (non-hydrogen) atoms. The zero-order valence-electron chi connectivity index (χ0n) is 22.8. The van der Waals surface area contributed by atoms with Gasteiger partial charge >= 0.3 is 228 Å². The third kappa shape index (κ3) is 4.88. The van der Waals surface area contributed by atoms with Crippen LogP contribution in [0.2, 0.25) is 3.67 Å². The molecule has 0 amide bonds. The molecule has 5 rings (SSSR count). The van der Waals surface area contributed by atoms with Gasteiger partial charge in [0.25, 0.3) is 0 Å². The van der Waals surface area contributed by atoms with E-state index in [-0.39, 0.29) is 0 Å². The first-order valence-electron chi connectivity index (χ1n) is 13.8. The third-order valence-corrected chi connectivity index (χ3v) is 14.5. The monoisotopic (exact) mass is 510 g/mol. The average molecular weight is 511 g/mol. The first kappa shape index (κ1) is 25.5. The second-order valence-electron chi connectivity index (χ2n) is 11.2. The fourth-order valence-electron chi connectivity index (χ4n) is 7.12. The molecule has 0 N–H and O–H groups in total. The number of benzene rings is 3. The molecular weight excluding hydrogens is 469 g/mol. The summed E-state index contributed by atoms with van der Waals surface area (Å²) in [6.07, 6.45) is 5.24. The van der Waals surface area contributed by atoms with Crippen LogP contribution in [-0.4, -0.2) is 28.2 Å². The number of nitrogens with zero attached hydrogens (tertiary/aromatic N) is 2. The van der Waals surface area contributed by atoms with Crippen LogP contribution in [0.4, 0.5) is 11.4 Å². The summed E-state index contributed by atoms with van der Waals surface area (Å²) >= 11 is -1.92. The van der Waals surface area contributed by atoms with Crippen molar-refractivity contribution in [2.24, 2.45) is 0 Å². The molecular formula is C33H41N2Sc. The molecule has 0 heterocycles. The van der Waals surface area contributed by atoms with Crippen LogP contribution in [0.5, 0.6) is 0 Å². The maximum absolute atomic E-state index is 2.42. The Balaban J connectivity index is 1.59. The normalized spacial score (nSPS) is 18.6. The van der Waals surface area contributed by atoms with Gasteiger partial charge in [-0.3, -0.25) is 0 Å². The average Bonchev–Trinajstić information content (AvgIpc) is 3.22. The van der Waals surface area contributed by atoms with E-state index in [4.69, 9.17) is 0 Å². The Labute approximate surface area is 226 Å². The Bertz CT molecular complexity index is 1190. The third-order valence-electron chi connectivity index (χ3n) is 8.61.